The first-order chi connectivity index (χ1) is 16.4. The van der Waals surface area contributed by atoms with Crippen molar-refractivity contribution in [2.45, 2.75) is 20.3 Å². The standard InChI is InChI=1S/C26H27N5O3/c1-18(2)15-16-31(22-11-7-20(8-12-22)26(33)29-30-27)23-6-4-5-21(17-23)28-25(32)19-9-13-24(34-3)14-10-19/h4-14,17-18H,15-16H2,1-3H3,(H,28,32). The third-order valence-corrected chi connectivity index (χ3v) is 5.26. The van der Waals surface area contributed by atoms with Crippen molar-refractivity contribution in [2.24, 2.45) is 11.0 Å². The van der Waals surface area contributed by atoms with Crippen LogP contribution in [0.2, 0.25) is 0 Å². The van der Waals surface area contributed by atoms with Crippen LogP contribution in [0.3, 0.4) is 0 Å². The van der Waals surface area contributed by atoms with Gasteiger partial charge in [0.1, 0.15) is 5.75 Å². The zero-order chi connectivity index (χ0) is 24.5. The normalized spacial score (nSPS) is 10.4. The van der Waals surface area contributed by atoms with Gasteiger partial charge in [-0.1, -0.05) is 19.9 Å². The topological polar surface area (TPSA) is 107 Å². The van der Waals surface area contributed by atoms with Crippen molar-refractivity contribution in [2.75, 3.05) is 23.9 Å². The van der Waals surface area contributed by atoms with E-state index in [1.165, 1.54) is 0 Å². The zero-order valence-electron chi connectivity index (χ0n) is 19.4. The molecule has 8 nitrogen and oxygen atoms in total. The van der Waals surface area contributed by atoms with Crippen molar-refractivity contribution >= 4 is 28.9 Å². The molecule has 3 aromatic carbocycles. The monoisotopic (exact) mass is 457 g/mol. The maximum atomic E-state index is 12.7. The smallest absolute Gasteiger partial charge is 0.255 e. The van der Waals surface area contributed by atoms with Gasteiger partial charge < -0.3 is 15.0 Å². The van der Waals surface area contributed by atoms with E-state index in [1.807, 2.05) is 36.4 Å². The van der Waals surface area contributed by atoms with Crippen molar-refractivity contribution in [1.29, 1.82) is 0 Å². The van der Waals surface area contributed by atoms with Crippen molar-refractivity contribution in [3.05, 3.63) is 94.4 Å². The maximum absolute atomic E-state index is 12.7. The van der Waals surface area contributed by atoms with Gasteiger partial charge in [0.15, 0.2) is 0 Å². The van der Waals surface area contributed by atoms with Gasteiger partial charge in [-0.25, -0.2) is 0 Å². The molecule has 8 heteroatoms. The van der Waals surface area contributed by atoms with Crippen LogP contribution < -0.4 is 15.0 Å². The predicted octanol–water partition coefficient (Wildman–Crippen LogP) is 6.58. The summed E-state index contributed by atoms with van der Waals surface area (Å²) in [7, 11) is 1.58. The third kappa shape index (κ3) is 6.37. The number of hydrogen-bond acceptors (Lipinski definition) is 4. The Morgan fingerprint density at radius 1 is 1.00 bits per heavy atom. The van der Waals surface area contributed by atoms with E-state index in [2.05, 4.69) is 34.1 Å². The van der Waals surface area contributed by atoms with E-state index in [0.29, 0.717) is 28.5 Å². The van der Waals surface area contributed by atoms with Gasteiger partial charge in [0, 0.05) is 39.6 Å². The molecule has 0 aromatic heterocycles. The summed E-state index contributed by atoms with van der Waals surface area (Å²) in [6, 6.07) is 21.5. The summed E-state index contributed by atoms with van der Waals surface area (Å²) in [5, 5.41) is 6.09. The highest BCUT2D eigenvalue weighted by atomic mass is 16.5. The van der Waals surface area contributed by atoms with E-state index in [4.69, 9.17) is 10.3 Å². The van der Waals surface area contributed by atoms with Gasteiger partial charge in [-0.3, -0.25) is 9.59 Å². The molecule has 174 valence electrons. The molecule has 34 heavy (non-hydrogen) atoms. The Bertz CT molecular complexity index is 1180. The summed E-state index contributed by atoms with van der Waals surface area (Å²) in [5.41, 5.74) is 11.8. The lowest BCUT2D eigenvalue weighted by Gasteiger charge is -2.26. The minimum absolute atomic E-state index is 0.213. The summed E-state index contributed by atoms with van der Waals surface area (Å²) >= 11 is 0. The molecule has 0 radical (unpaired) electrons. The van der Waals surface area contributed by atoms with Crippen molar-refractivity contribution in [1.82, 2.24) is 0 Å². The van der Waals surface area contributed by atoms with Crippen molar-refractivity contribution in [3.8, 4) is 5.75 Å². The van der Waals surface area contributed by atoms with Crippen LogP contribution in [0.25, 0.3) is 10.4 Å². The molecule has 0 spiro atoms. The molecule has 0 saturated carbocycles. The minimum Gasteiger partial charge on any atom is -0.497 e. The van der Waals surface area contributed by atoms with E-state index in [9.17, 15) is 9.59 Å². The molecule has 3 rings (SSSR count). The van der Waals surface area contributed by atoms with E-state index >= 15 is 0 Å². The third-order valence-electron chi connectivity index (χ3n) is 5.26. The van der Waals surface area contributed by atoms with E-state index in [-0.39, 0.29) is 5.91 Å². The number of ether oxygens (including phenoxy) is 1. The molecule has 0 fully saturated rings. The number of nitrogens with one attached hydrogen (secondary N) is 1. The Hall–Kier alpha value is -4.29. The number of nitrogens with zero attached hydrogens (tertiary/aromatic N) is 4. The Labute approximate surface area is 198 Å². The lowest BCUT2D eigenvalue weighted by Crippen LogP contribution is -2.20. The first kappa shape index (κ1) is 24.4. The number of methoxy groups -OCH3 is 1. The number of anilines is 3. The summed E-state index contributed by atoms with van der Waals surface area (Å²) < 4.78 is 5.15. The number of amides is 2. The molecule has 2 amide bonds. The lowest BCUT2D eigenvalue weighted by atomic mass is 10.1. The number of azide groups is 1. The van der Waals surface area contributed by atoms with E-state index < -0.39 is 5.91 Å². The zero-order valence-corrected chi connectivity index (χ0v) is 19.4. The molecule has 0 unspecified atom stereocenters. The Balaban J connectivity index is 1.85. The van der Waals surface area contributed by atoms with Crippen LogP contribution in [-0.4, -0.2) is 25.5 Å². The fourth-order valence-electron chi connectivity index (χ4n) is 3.37. The van der Waals surface area contributed by atoms with Crippen molar-refractivity contribution < 1.29 is 14.3 Å². The highest BCUT2D eigenvalue weighted by Crippen LogP contribution is 2.29. The fourth-order valence-corrected chi connectivity index (χ4v) is 3.37. The van der Waals surface area contributed by atoms with Crippen LogP contribution in [0.4, 0.5) is 17.1 Å². The molecule has 0 aliphatic carbocycles. The van der Waals surface area contributed by atoms with Gasteiger partial charge in [0.25, 0.3) is 5.91 Å². The Morgan fingerprint density at radius 3 is 2.29 bits per heavy atom. The second-order valence-electron chi connectivity index (χ2n) is 8.11. The van der Waals surface area contributed by atoms with Gasteiger partial charge in [0.2, 0.25) is 5.91 Å². The van der Waals surface area contributed by atoms with Gasteiger partial charge in [-0.05, 0) is 89.7 Å². The van der Waals surface area contributed by atoms with Crippen LogP contribution in [0.1, 0.15) is 41.0 Å². The van der Waals surface area contributed by atoms with Gasteiger partial charge >= 0.3 is 0 Å². The number of hydrogen-bond donors (Lipinski definition) is 1. The molecule has 0 aliphatic heterocycles. The van der Waals surface area contributed by atoms with E-state index in [1.54, 1.807) is 43.5 Å². The number of carbonyl (C=O) groups excluding carboxylic acids is 2. The van der Waals surface area contributed by atoms with Gasteiger partial charge in [-0.2, -0.15) is 0 Å². The van der Waals surface area contributed by atoms with Gasteiger partial charge in [0.05, 0.1) is 7.11 Å². The second kappa shape index (κ2) is 11.5. The molecule has 1 N–H and O–H groups in total. The highest BCUT2D eigenvalue weighted by molar-refractivity contribution is 6.04. The quantitative estimate of drug-likeness (QED) is 0.222. The Morgan fingerprint density at radius 2 is 1.68 bits per heavy atom. The molecular weight excluding hydrogens is 430 g/mol. The summed E-state index contributed by atoms with van der Waals surface area (Å²) in [4.78, 5) is 29.2. The molecule has 0 heterocycles. The number of rotatable bonds is 9. The minimum atomic E-state index is -0.619. The first-order valence-electron chi connectivity index (χ1n) is 10.9. The lowest BCUT2D eigenvalue weighted by molar-refractivity contribution is 0.0997. The second-order valence-corrected chi connectivity index (χ2v) is 8.11. The summed E-state index contributed by atoms with van der Waals surface area (Å²) in [5.74, 6) is 0.346. The average Bonchev–Trinajstić information content (AvgIpc) is 2.85. The molecule has 0 saturated heterocycles. The molecule has 0 atom stereocenters. The largest absolute Gasteiger partial charge is 0.497 e. The Kier molecular flexibility index (Phi) is 8.26. The summed E-state index contributed by atoms with van der Waals surface area (Å²) in [6.45, 7) is 5.06. The van der Waals surface area contributed by atoms with Crippen LogP contribution in [-0.2, 0) is 0 Å². The number of carbonyl (C=O) groups is 2. The van der Waals surface area contributed by atoms with Crippen LogP contribution in [0.5, 0.6) is 5.75 Å². The predicted molar refractivity (Wildman–Crippen MR) is 134 cm³/mol. The number of benzene rings is 3. The van der Waals surface area contributed by atoms with Crippen LogP contribution in [0, 0.1) is 5.92 Å². The molecular formula is C26H27N5O3. The molecule has 0 aliphatic rings. The molecule has 0 bridgehead atoms. The summed E-state index contributed by atoms with van der Waals surface area (Å²) in [6.07, 6.45) is 0.946. The fraction of sp³-hybridized carbons (Fsp3) is 0.231. The maximum Gasteiger partial charge on any atom is 0.255 e. The van der Waals surface area contributed by atoms with Crippen LogP contribution in [0.15, 0.2) is 77.9 Å². The van der Waals surface area contributed by atoms with E-state index in [0.717, 1.165) is 24.3 Å². The van der Waals surface area contributed by atoms with Gasteiger partial charge in [-0.15, -0.1) is 0 Å². The van der Waals surface area contributed by atoms with Crippen molar-refractivity contribution in [3.63, 3.8) is 0 Å². The highest BCUT2D eigenvalue weighted by Gasteiger charge is 2.13. The SMILES string of the molecule is COc1ccc(C(=O)Nc2cccc(N(CCC(C)C)c3ccc(C(=O)N=[N+]=[N-])cc3)c2)cc1. The van der Waals surface area contributed by atoms with Crippen LogP contribution >= 0.6 is 0 Å². The first-order valence-corrected chi connectivity index (χ1v) is 10.9. The average molecular weight is 458 g/mol. The molecule has 3 aromatic rings.